The van der Waals surface area contributed by atoms with E-state index in [1.165, 1.54) is 12.4 Å². The smallest absolute Gasteiger partial charge is 0.356 e. The predicted molar refractivity (Wildman–Crippen MR) is 63.0 cm³/mol. The van der Waals surface area contributed by atoms with Crippen molar-refractivity contribution >= 4 is 11.8 Å². The van der Waals surface area contributed by atoms with Crippen molar-refractivity contribution < 1.29 is 15.0 Å². The zero-order valence-corrected chi connectivity index (χ0v) is 9.76. The molecule has 1 rings (SSSR count). The molecule has 1 aromatic rings. The van der Waals surface area contributed by atoms with Gasteiger partial charge in [0, 0.05) is 13.2 Å². The van der Waals surface area contributed by atoms with Gasteiger partial charge in [0.2, 0.25) is 0 Å². The van der Waals surface area contributed by atoms with Crippen LogP contribution in [-0.2, 0) is 0 Å². The summed E-state index contributed by atoms with van der Waals surface area (Å²) >= 11 is 0. The summed E-state index contributed by atoms with van der Waals surface area (Å²) in [7, 11) is 0. The Labute approximate surface area is 99.7 Å². The van der Waals surface area contributed by atoms with Crippen molar-refractivity contribution in [3.8, 4) is 0 Å². The third-order valence-electron chi connectivity index (χ3n) is 2.54. The minimum atomic E-state index is -1.09. The molecule has 0 aliphatic carbocycles. The highest BCUT2D eigenvalue weighted by molar-refractivity contribution is 5.85. The van der Waals surface area contributed by atoms with E-state index in [-0.39, 0.29) is 12.3 Å². The first kappa shape index (κ1) is 13.4. The number of anilines is 1. The number of carboxylic acids is 1. The quantitative estimate of drug-likeness (QED) is 0.657. The Bertz CT molecular complexity index is 371. The standard InChI is InChI=1S/C11H17N3O3/c1-2-8(3-4-15)5-13-10-7-12-6-9(14-10)11(16)17/h6-8,15H,2-5H2,1H3,(H,13,14)(H,16,17). The fourth-order valence-corrected chi connectivity index (χ4v) is 1.44. The highest BCUT2D eigenvalue weighted by atomic mass is 16.4. The van der Waals surface area contributed by atoms with Gasteiger partial charge in [0.25, 0.3) is 0 Å². The van der Waals surface area contributed by atoms with Crippen LogP contribution in [0.2, 0.25) is 0 Å². The molecular weight excluding hydrogens is 222 g/mol. The lowest BCUT2D eigenvalue weighted by Gasteiger charge is -2.14. The molecule has 1 unspecified atom stereocenters. The third-order valence-corrected chi connectivity index (χ3v) is 2.54. The van der Waals surface area contributed by atoms with Crippen LogP contribution in [0.15, 0.2) is 12.4 Å². The van der Waals surface area contributed by atoms with Crippen molar-refractivity contribution in [1.29, 1.82) is 0 Å². The molecule has 17 heavy (non-hydrogen) atoms. The minimum absolute atomic E-state index is 0.0785. The topological polar surface area (TPSA) is 95.3 Å². The van der Waals surface area contributed by atoms with Crippen LogP contribution in [0.5, 0.6) is 0 Å². The highest BCUT2D eigenvalue weighted by Gasteiger charge is 2.08. The second kappa shape index (κ2) is 6.80. The molecule has 0 saturated heterocycles. The third kappa shape index (κ3) is 4.36. The summed E-state index contributed by atoms with van der Waals surface area (Å²) in [6.45, 7) is 2.84. The Kier molecular flexibility index (Phi) is 5.35. The average molecular weight is 239 g/mol. The van der Waals surface area contributed by atoms with Gasteiger partial charge in [0.1, 0.15) is 5.82 Å². The lowest BCUT2D eigenvalue weighted by atomic mass is 10.0. The van der Waals surface area contributed by atoms with Crippen LogP contribution in [0.25, 0.3) is 0 Å². The Balaban J connectivity index is 2.56. The van der Waals surface area contributed by atoms with Crippen LogP contribution >= 0.6 is 0 Å². The summed E-state index contributed by atoms with van der Waals surface area (Å²) < 4.78 is 0. The second-order valence-electron chi connectivity index (χ2n) is 3.76. The molecule has 0 fully saturated rings. The van der Waals surface area contributed by atoms with E-state index in [0.29, 0.717) is 18.3 Å². The first-order chi connectivity index (χ1) is 8.17. The summed E-state index contributed by atoms with van der Waals surface area (Å²) in [4.78, 5) is 18.4. The summed E-state index contributed by atoms with van der Waals surface area (Å²) in [6, 6.07) is 0. The predicted octanol–water partition coefficient (Wildman–Crippen LogP) is 0.995. The molecule has 0 aromatic carbocycles. The molecule has 94 valence electrons. The molecule has 6 nitrogen and oxygen atoms in total. The van der Waals surface area contributed by atoms with E-state index in [2.05, 4.69) is 15.3 Å². The number of aromatic carboxylic acids is 1. The Morgan fingerprint density at radius 3 is 2.88 bits per heavy atom. The molecular formula is C11H17N3O3. The number of rotatable bonds is 7. The highest BCUT2D eigenvalue weighted by Crippen LogP contribution is 2.09. The van der Waals surface area contributed by atoms with Crippen LogP contribution in [0.3, 0.4) is 0 Å². The molecule has 0 spiro atoms. The van der Waals surface area contributed by atoms with Crippen molar-refractivity contribution in [1.82, 2.24) is 9.97 Å². The number of carboxylic acid groups (broad SMARTS) is 1. The van der Waals surface area contributed by atoms with Gasteiger partial charge >= 0.3 is 5.97 Å². The lowest BCUT2D eigenvalue weighted by molar-refractivity contribution is 0.0690. The fraction of sp³-hybridized carbons (Fsp3) is 0.545. The lowest BCUT2D eigenvalue weighted by Crippen LogP contribution is -2.16. The number of nitrogens with zero attached hydrogens (tertiary/aromatic N) is 2. The first-order valence-corrected chi connectivity index (χ1v) is 5.57. The number of aliphatic hydroxyl groups is 1. The summed E-state index contributed by atoms with van der Waals surface area (Å²) in [5.41, 5.74) is -0.0785. The van der Waals surface area contributed by atoms with E-state index in [9.17, 15) is 4.79 Å². The number of hydrogen-bond donors (Lipinski definition) is 3. The Morgan fingerprint density at radius 1 is 1.53 bits per heavy atom. The van der Waals surface area contributed by atoms with Crippen molar-refractivity contribution in [3.63, 3.8) is 0 Å². The van der Waals surface area contributed by atoms with E-state index in [0.717, 1.165) is 12.8 Å². The molecule has 0 saturated carbocycles. The number of nitrogens with one attached hydrogen (secondary N) is 1. The summed E-state index contributed by atoms with van der Waals surface area (Å²) in [5, 5.41) is 20.6. The number of aliphatic hydroxyl groups excluding tert-OH is 1. The molecule has 1 atom stereocenters. The molecule has 0 radical (unpaired) electrons. The number of hydrogen-bond acceptors (Lipinski definition) is 5. The van der Waals surface area contributed by atoms with Crippen LogP contribution in [0.1, 0.15) is 30.3 Å². The SMILES string of the molecule is CCC(CCO)CNc1cncc(C(=O)O)n1. The van der Waals surface area contributed by atoms with Gasteiger partial charge in [-0.2, -0.15) is 0 Å². The molecule has 0 aliphatic heterocycles. The van der Waals surface area contributed by atoms with E-state index in [1.54, 1.807) is 0 Å². The van der Waals surface area contributed by atoms with Gasteiger partial charge in [-0.15, -0.1) is 0 Å². The van der Waals surface area contributed by atoms with Crippen molar-refractivity contribution in [2.45, 2.75) is 19.8 Å². The van der Waals surface area contributed by atoms with Crippen LogP contribution in [-0.4, -0.2) is 39.3 Å². The monoisotopic (exact) mass is 239 g/mol. The van der Waals surface area contributed by atoms with E-state index < -0.39 is 5.97 Å². The second-order valence-corrected chi connectivity index (χ2v) is 3.76. The van der Waals surface area contributed by atoms with Gasteiger partial charge in [-0.1, -0.05) is 13.3 Å². The number of aromatic nitrogens is 2. The van der Waals surface area contributed by atoms with Gasteiger partial charge < -0.3 is 15.5 Å². The zero-order valence-electron chi connectivity index (χ0n) is 9.76. The van der Waals surface area contributed by atoms with E-state index in [1.807, 2.05) is 6.92 Å². The summed E-state index contributed by atoms with van der Waals surface area (Å²) in [6.07, 6.45) is 4.35. The van der Waals surface area contributed by atoms with Crippen molar-refractivity contribution in [3.05, 3.63) is 18.1 Å². The normalized spacial score (nSPS) is 12.1. The Hall–Kier alpha value is -1.69. The van der Waals surface area contributed by atoms with Gasteiger partial charge in [-0.05, 0) is 12.3 Å². The molecule has 0 bridgehead atoms. The maximum Gasteiger partial charge on any atom is 0.356 e. The molecule has 3 N–H and O–H groups in total. The minimum Gasteiger partial charge on any atom is -0.476 e. The summed E-state index contributed by atoms with van der Waals surface area (Å²) in [5.74, 6) is -0.305. The van der Waals surface area contributed by atoms with Crippen molar-refractivity contribution in [2.75, 3.05) is 18.5 Å². The maximum absolute atomic E-state index is 10.7. The first-order valence-electron chi connectivity index (χ1n) is 5.57. The van der Waals surface area contributed by atoms with Crippen molar-refractivity contribution in [2.24, 2.45) is 5.92 Å². The molecule has 0 amide bonds. The van der Waals surface area contributed by atoms with Gasteiger partial charge in [-0.3, -0.25) is 4.98 Å². The molecule has 1 aromatic heterocycles. The van der Waals surface area contributed by atoms with Crippen LogP contribution in [0.4, 0.5) is 5.82 Å². The fourth-order valence-electron chi connectivity index (χ4n) is 1.44. The van der Waals surface area contributed by atoms with Crippen LogP contribution in [0, 0.1) is 5.92 Å². The molecule has 6 heteroatoms. The maximum atomic E-state index is 10.7. The Morgan fingerprint density at radius 2 is 2.29 bits per heavy atom. The van der Waals surface area contributed by atoms with Gasteiger partial charge in [0.05, 0.1) is 12.4 Å². The van der Waals surface area contributed by atoms with E-state index in [4.69, 9.17) is 10.2 Å². The number of carbonyl (C=O) groups is 1. The van der Waals surface area contributed by atoms with Crippen LogP contribution < -0.4 is 5.32 Å². The zero-order chi connectivity index (χ0) is 12.7. The van der Waals surface area contributed by atoms with Gasteiger partial charge in [0.15, 0.2) is 5.69 Å². The largest absolute Gasteiger partial charge is 0.476 e. The molecule has 1 heterocycles. The molecule has 0 aliphatic rings. The van der Waals surface area contributed by atoms with Gasteiger partial charge in [-0.25, -0.2) is 9.78 Å². The van der Waals surface area contributed by atoms with E-state index >= 15 is 0 Å². The average Bonchev–Trinajstić information content (AvgIpc) is 2.34.